The second kappa shape index (κ2) is 13.7. The molecule has 4 rings (SSSR count). The first kappa shape index (κ1) is 32.2. The molecule has 0 aliphatic carbocycles. The molecule has 0 unspecified atom stereocenters. The Morgan fingerprint density at radius 3 is 2.59 bits per heavy atom. The van der Waals surface area contributed by atoms with Crippen molar-refractivity contribution in [3.05, 3.63) is 46.9 Å². The molecule has 1 fully saturated rings. The Morgan fingerprint density at radius 2 is 1.95 bits per heavy atom. The van der Waals surface area contributed by atoms with E-state index in [0.717, 1.165) is 11.8 Å². The van der Waals surface area contributed by atoms with Crippen LogP contribution in [0.5, 0.6) is 5.75 Å². The van der Waals surface area contributed by atoms with Crippen molar-refractivity contribution in [1.82, 2.24) is 30.3 Å². The van der Waals surface area contributed by atoms with E-state index in [9.17, 15) is 24.0 Å². The van der Waals surface area contributed by atoms with Crippen LogP contribution in [0.3, 0.4) is 0 Å². The minimum Gasteiger partial charge on any atom is -0.496 e. The van der Waals surface area contributed by atoms with Gasteiger partial charge in [0.15, 0.2) is 12.4 Å². The summed E-state index contributed by atoms with van der Waals surface area (Å²) in [5.74, 6) is -2.32. The van der Waals surface area contributed by atoms with Gasteiger partial charge in [-0.15, -0.1) is 0 Å². The van der Waals surface area contributed by atoms with Crippen molar-refractivity contribution >= 4 is 40.4 Å². The Hall–Kier alpha value is -4.68. The zero-order chi connectivity index (χ0) is 32.1. The van der Waals surface area contributed by atoms with E-state index >= 15 is 0 Å². The van der Waals surface area contributed by atoms with Gasteiger partial charge in [-0.2, -0.15) is 5.10 Å². The number of amides is 3. The molecule has 3 amide bonds. The maximum atomic E-state index is 13.7. The molecule has 1 saturated heterocycles. The number of hydrogen-bond acceptors (Lipinski definition) is 8. The van der Waals surface area contributed by atoms with Crippen molar-refractivity contribution in [1.29, 1.82) is 0 Å². The standard InChI is InChI=1S/C31H40N6O7/c1-17(2)37(27(39)15-33-30(41)23-14-21-22(34-23)10-7-11-26(21)43-6)24(13-20-9-8-12-32-29(20)40)25(38)16-44-31(42)28-18(3)35-36(5)19(28)4/h7,10-11,14,17,20,24,34H,8-9,12-13,15-16H2,1-6H3,(H,32,40)(H,33,41)/t20-,24-/m0/s1. The number of benzene rings is 1. The van der Waals surface area contributed by atoms with Gasteiger partial charge in [-0.3, -0.25) is 23.9 Å². The molecule has 3 N–H and O–H groups in total. The van der Waals surface area contributed by atoms with Crippen LogP contribution in [0, 0.1) is 19.8 Å². The van der Waals surface area contributed by atoms with Gasteiger partial charge in [0.25, 0.3) is 5.91 Å². The Labute approximate surface area is 255 Å². The van der Waals surface area contributed by atoms with Crippen molar-refractivity contribution in [3.63, 3.8) is 0 Å². The minimum atomic E-state index is -1.06. The number of ether oxygens (including phenoxy) is 2. The summed E-state index contributed by atoms with van der Waals surface area (Å²) in [4.78, 5) is 70.2. The topological polar surface area (TPSA) is 165 Å². The highest BCUT2D eigenvalue weighted by Gasteiger charge is 2.37. The number of nitrogens with zero attached hydrogens (tertiary/aromatic N) is 3. The monoisotopic (exact) mass is 608 g/mol. The van der Waals surface area contributed by atoms with Crippen LogP contribution in [0.25, 0.3) is 10.9 Å². The molecule has 44 heavy (non-hydrogen) atoms. The number of nitrogens with one attached hydrogen (secondary N) is 3. The molecule has 13 heteroatoms. The van der Waals surface area contributed by atoms with E-state index in [1.165, 1.54) is 12.0 Å². The number of esters is 1. The molecule has 0 saturated carbocycles. The fourth-order valence-corrected chi connectivity index (χ4v) is 5.70. The molecule has 0 bridgehead atoms. The number of rotatable bonds is 12. The average Bonchev–Trinajstić information content (AvgIpc) is 3.54. The van der Waals surface area contributed by atoms with Gasteiger partial charge >= 0.3 is 5.97 Å². The molecule has 13 nitrogen and oxygen atoms in total. The number of piperidine rings is 1. The first-order valence-corrected chi connectivity index (χ1v) is 14.7. The van der Waals surface area contributed by atoms with Crippen molar-refractivity contribution in [2.75, 3.05) is 26.8 Å². The fraction of sp³-hybridized carbons (Fsp3) is 0.484. The second-order valence-electron chi connectivity index (χ2n) is 11.3. The summed E-state index contributed by atoms with van der Waals surface area (Å²) < 4.78 is 12.3. The van der Waals surface area contributed by atoms with E-state index < -0.39 is 54.7 Å². The van der Waals surface area contributed by atoms with Crippen LogP contribution in [0.4, 0.5) is 0 Å². The quantitative estimate of drug-likeness (QED) is 0.263. The average molecular weight is 609 g/mol. The lowest BCUT2D eigenvalue weighted by Gasteiger charge is -2.36. The number of fused-ring (bicyclic) bond motifs is 1. The van der Waals surface area contributed by atoms with E-state index in [1.54, 1.807) is 57.6 Å². The summed E-state index contributed by atoms with van der Waals surface area (Å²) in [6, 6.07) is 5.50. The fourth-order valence-electron chi connectivity index (χ4n) is 5.70. The first-order chi connectivity index (χ1) is 20.9. The predicted molar refractivity (Wildman–Crippen MR) is 161 cm³/mol. The molecular weight excluding hydrogens is 568 g/mol. The zero-order valence-electron chi connectivity index (χ0n) is 26.0. The van der Waals surface area contributed by atoms with Crippen molar-refractivity contribution in [3.8, 4) is 5.75 Å². The summed E-state index contributed by atoms with van der Waals surface area (Å²) in [5.41, 5.74) is 2.29. The summed E-state index contributed by atoms with van der Waals surface area (Å²) >= 11 is 0. The number of aromatic nitrogens is 3. The van der Waals surface area contributed by atoms with Gasteiger partial charge < -0.3 is 30.0 Å². The lowest BCUT2D eigenvalue weighted by Crippen LogP contribution is -2.54. The van der Waals surface area contributed by atoms with Crippen LogP contribution in [-0.2, 0) is 26.2 Å². The Balaban J connectivity index is 1.51. The number of methoxy groups -OCH3 is 1. The summed E-state index contributed by atoms with van der Waals surface area (Å²) in [6.45, 7) is 6.47. The van der Waals surface area contributed by atoms with E-state index in [1.807, 2.05) is 6.07 Å². The molecule has 3 heterocycles. The van der Waals surface area contributed by atoms with Gasteiger partial charge in [-0.1, -0.05) is 6.07 Å². The SMILES string of the molecule is COc1cccc2[nH]c(C(=O)NCC(=O)N(C(C)C)[C@@H](C[C@@H]3CCCNC3=O)C(=O)COC(=O)c3c(C)nn(C)c3C)cc12. The minimum absolute atomic E-state index is 0.0623. The van der Waals surface area contributed by atoms with Crippen LogP contribution in [0.1, 0.15) is 65.3 Å². The van der Waals surface area contributed by atoms with Gasteiger partial charge in [-0.05, 0) is 65.2 Å². The predicted octanol–water partition coefficient (Wildman–Crippen LogP) is 2.20. The maximum Gasteiger partial charge on any atom is 0.342 e. The van der Waals surface area contributed by atoms with Crippen molar-refractivity contribution in [2.24, 2.45) is 13.0 Å². The third kappa shape index (κ3) is 6.92. The summed E-state index contributed by atoms with van der Waals surface area (Å²) in [6.07, 6.45) is 1.36. The van der Waals surface area contributed by atoms with Crippen LogP contribution < -0.4 is 15.4 Å². The van der Waals surface area contributed by atoms with Crippen molar-refractivity contribution in [2.45, 2.75) is 59.0 Å². The summed E-state index contributed by atoms with van der Waals surface area (Å²) in [5, 5.41) is 10.4. The van der Waals surface area contributed by atoms with E-state index in [-0.39, 0.29) is 23.6 Å². The number of aromatic amines is 1. The molecule has 1 aliphatic heterocycles. The van der Waals surface area contributed by atoms with Gasteiger partial charge in [0, 0.05) is 42.1 Å². The van der Waals surface area contributed by atoms with Gasteiger partial charge in [0.05, 0.1) is 25.4 Å². The lowest BCUT2D eigenvalue weighted by atomic mass is 9.89. The summed E-state index contributed by atoms with van der Waals surface area (Å²) in [7, 11) is 3.24. The number of ketones is 1. The van der Waals surface area contributed by atoms with Crippen LogP contribution in [-0.4, -0.2) is 88.0 Å². The normalized spacial score (nSPS) is 15.5. The number of Topliss-reactive ketones (excluding diaryl/α,β-unsaturated/α-hetero) is 1. The van der Waals surface area contributed by atoms with Crippen LogP contribution >= 0.6 is 0 Å². The van der Waals surface area contributed by atoms with E-state index in [4.69, 9.17) is 9.47 Å². The van der Waals surface area contributed by atoms with Gasteiger partial charge in [0.2, 0.25) is 11.8 Å². The van der Waals surface area contributed by atoms with Crippen LogP contribution in [0.15, 0.2) is 24.3 Å². The number of carbonyl (C=O) groups is 5. The third-order valence-electron chi connectivity index (χ3n) is 8.01. The smallest absolute Gasteiger partial charge is 0.342 e. The zero-order valence-corrected chi connectivity index (χ0v) is 26.0. The van der Waals surface area contributed by atoms with E-state index in [0.29, 0.717) is 35.6 Å². The van der Waals surface area contributed by atoms with Gasteiger partial charge in [-0.25, -0.2) is 4.79 Å². The van der Waals surface area contributed by atoms with Crippen LogP contribution in [0.2, 0.25) is 0 Å². The Morgan fingerprint density at radius 1 is 1.20 bits per heavy atom. The maximum absolute atomic E-state index is 13.7. The number of H-pyrrole nitrogens is 1. The lowest BCUT2D eigenvalue weighted by molar-refractivity contribution is -0.144. The highest BCUT2D eigenvalue weighted by molar-refractivity contribution is 6.01. The number of carbonyl (C=O) groups excluding carboxylic acids is 5. The molecule has 2 aromatic heterocycles. The highest BCUT2D eigenvalue weighted by atomic mass is 16.5. The highest BCUT2D eigenvalue weighted by Crippen LogP contribution is 2.26. The Bertz CT molecular complexity index is 1570. The molecular formula is C31H40N6O7. The van der Waals surface area contributed by atoms with Gasteiger partial charge in [0.1, 0.15) is 17.0 Å². The largest absolute Gasteiger partial charge is 0.496 e. The van der Waals surface area contributed by atoms with Crippen molar-refractivity contribution < 1.29 is 33.4 Å². The second-order valence-corrected chi connectivity index (χ2v) is 11.3. The molecule has 1 aromatic carbocycles. The third-order valence-corrected chi connectivity index (χ3v) is 8.01. The molecule has 1 aliphatic rings. The first-order valence-electron chi connectivity index (χ1n) is 14.7. The molecule has 0 spiro atoms. The van der Waals surface area contributed by atoms with E-state index in [2.05, 4.69) is 20.7 Å². The Kier molecular flexibility index (Phi) is 10.1. The molecule has 236 valence electrons. The molecule has 3 aromatic rings. The molecule has 0 radical (unpaired) electrons. The number of hydrogen-bond donors (Lipinski definition) is 3. The number of aryl methyl sites for hydroxylation is 2. The molecule has 2 atom stereocenters.